The summed E-state index contributed by atoms with van der Waals surface area (Å²) in [5, 5.41) is 3.85. The Morgan fingerprint density at radius 3 is 1.77 bits per heavy atom. The third-order valence-corrected chi connectivity index (χ3v) is 6.30. The van der Waals surface area contributed by atoms with Gasteiger partial charge in [-0.05, 0) is 43.7 Å². The van der Waals surface area contributed by atoms with Gasteiger partial charge in [0.15, 0.2) is 0 Å². The molecule has 0 fully saturated rings. The number of fused-ring (bicyclic) bond motifs is 2. The van der Waals surface area contributed by atoms with Crippen molar-refractivity contribution in [2.24, 2.45) is 0 Å². The molecule has 0 spiro atoms. The Bertz CT molecular complexity index is 1390. The second kappa shape index (κ2) is 9.19. The number of halogens is 3. The van der Waals surface area contributed by atoms with E-state index in [0.29, 0.717) is 10.2 Å². The smallest absolute Gasteiger partial charge is 0.134 e. The molecular weight excluding hydrogens is 449 g/mol. The summed E-state index contributed by atoms with van der Waals surface area (Å²) in [7, 11) is 0. The second-order valence-corrected chi connectivity index (χ2v) is 8.10. The number of hydrogen-bond acceptors (Lipinski definition) is 3. The topological polar surface area (TPSA) is 38.7 Å². The fourth-order valence-corrected chi connectivity index (χ4v) is 3.99. The SMILES string of the molecule is Cc1c(-c2ccccn2)nc2ccccc2c1Cl.Cc1c(Cl)nc2ccccc2c1Cl. The van der Waals surface area contributed by atoms with Gasteiger partial charge < -0.3 is 0 Å². The van der Waals surface area contributed by atoms with E-state index in [1.807, 2.05) is 80.6 Å². The van der Waals surface area contributed by atoms with Gasteiger partial charge in [0.05, 0.1) is 32.5 Å². The average molecular weight is 467 g/mol. The van der Waals surface area contributed by atoms with Crippen molar-refractivity contribution in [2.45, 2.75) is 13.8 Å². The van der Waals surface area contributed by atoms with Crippen LogP contribution in [0, 0.1) is 13.8 Å². The number of rotatable bonds is 1. The summed E-state index contributed by atoms with van der Waals surface area (Å²) in [5.74, 6) is 0. The summed E-state index contributed by atoms with van der Waals surface area (Å²) in [6.45, 7) is 3.84. The van der Waals surface area contributed by atoms with Gasteiger partial charge in [-0.2, -0.15) is 0 Å². The van der Waals surface area contributed by atoms with Crippen LogP contribution in [-0.4, -0.2) is 15.0 Å². The molecule has 0 amide bonds. The van der Waals surface area contributed by atoms with E-state index in [4.69, 9.17) is 34.8 Å². The normalized spacial score (nSPS) is 10.7. The Morgan fingerprint density at radius 2 is 1.16 bits per heavy atom. The van der Waals surface area contributed by atoms with Crippen LogP contribution in [0.1, 0.15) is 11.1 Å². The van der Waals surface area contributed by atoms with Crippen molar-refractivity contribution in [3.05, 3.63) is 99.3 Å². The van der Waals surface area contributed by atoms with Gasteiger partial charge in [0.1, 0.15) is 5.15 Å². The molecule has 0 atom stereocenters. The van der Waals surface area contributed by atoms with Crippen LogP contribution in [0.25, 0.3) is 33.2 Å². The average Bonchev–Trinajstić information content (AvgIpc) is 2.81. The zero-order valence-electron chi connectivity index (χ0n) is 16.9. The standard InChI is InChI=1S/C15H11ClN2.C10H7Cl2N/c1-10-14(16)11-6-2-3-7-12(11)18-15(10)13-8-4-5-9-17-13;1-6-9(11)7-4-2-3-5-8(7)13-10(6)12/h2-9H,1H3;2-5H,1H3. The van der Waals surface area contributed by atoms with E-state index >= 15 is 0 Å². The molecule has 5 aromatic rings. The van der Waals surface area contributed by atoms with Crippen molar-refractivity contribution in [3.63, 3.8) is 0 Å². The maximum Gasteiger partial charge on any atom is 0.134 e. The van der Waals surface area contributed by atoms with E-state index in [0.717, 1.165) is 49.3 Å². The number of benzene rings is 2. The zero-order chi connectivity index (χ0) is 22.0. The summed E-state index contributed by atoms with van der Waals surface area (Å²) in [6, 6.07) is 21.3. The van der Waals surface area contributed by atoms with E-state index in [1.165, 1.54) is 0 Å². The third-order valence-electron chi connectivity index (χ3n) is 4.96. The van der Waals surface area contributed by atoms with Crippen LogP contribution >= 0.6 is 34.8 Å². The van der Waals surface area contributed by atoms with E-state index in [9.17, 15) is 0 Å². The first-order chi connectivity index (χ1) is 15.0. The maximum atomic E-state index is 6.41. The minimum absolute atomic E-state index is 0.476. The molecule has 6 heteroatoms. The van der Waals surface area contributed by atoms with Crippen LogP contribution in [0.15, 0.2) is 72.9 Å². The van der Waals surface area contributed by atoms with E-state index in [-0.39, 0.29) is 0 Å². The third kappa shape index (κ3) is 4.35. The molecule has 2 aromatic carbocycles. The van der Waals surface area contributed by atoms with Crippen LogP contribution < -0.4 is 0 Å². The summed E-state index contributed by atoms with van der Waals surface area (Å²) >= 11 is 18.4. The highest BCUT2D eigenvalue weighted by Gasteiger charge is 2.12. The van der Waals surface area contributed by atoms with Gasteiger partial charge in [-0.1, -0.05) is 77.3 Å². The summed E-state index contributed by atoms with van der Waals surface area (Å²) in [5.41, 5.74) is 5.23. The fraction of sp³-hybridized carbons (Fsp3) is 0.0800. The Hall–Kier alpha value is -2.72. The lowest BCUT2D eigenvalue weighted by atomic mass is 10.1. The summed E-state index contributed by atoms with van der Waals surface area (Å²) in [4.78, 5) is 13.2. The summed E-state index contributed by atoms with van der Waals surface area (Å²) < 4.78 is 0. The van der Waals surface area contributed by atoms with Crippen LogP contribution in [0.5, 0.6) is 0 Å². The molecule has 3 nitrogen and oxygen atoms in total. The predicted octanol–water partition coefficient (Wildman–Crippen LogP) is 8.11. The first kappa shape index (κ1) is 21.5. The molecule has 3 aromatic heterocycles. The number of hydrogen-bond donors (Lipinski definition) is 0. The molecule has 0 bridgehead atoms. The van der Waals surface area contributed by atoms with Crippen molar-refractivity contribution in [1.29, 1.82) is 0 Å². The number of nitrogens with zero attached hydrogens (tertiary/aromatic N) is 3. The van der Waals surface area contributed by atoms with Crippen molar-refractivity contribution < 1.29 is 0 Å². The molecule has 0 saturated carbocycles. The maximum absolute atomic E-state index is 6.41. The van der Waals surface area contributed by atoms with E-state index in [2.05, 4.69) is 15.0 Å². The highest BCUT2D eigenvalue weighted by Crippen LogP contribution is 2.32. The largest absolute Gasteiger partial charge is 0.255 e. The van der Waals surface area contributed by atoms with Crippen molar-refractivity contribution in [3.8, 4) is 11.4 Å². The molecule has 0 aliphatic rings. The predicted molar refractivity (Wildman–Crippen MR) is 131 cm³/mol. The van der Waals surface area contributed by atoms with Gasteiger partial charge in [-0.25, -0.2) is 9.97 Å². The highest BCUT2D eigenvalue weighted by atomic mass is 35.5. The van der Waals surface area contributed by atoms with Crippen LogP contribution in [0.3, 0.4) is 0 Å². The molecule has 154 valence electrons. The fourth-order valence-electron chi connectivity index (χ4n) is 3.26. The van der Waals surface area contributed by atoms with Crippen molar-refractivity contribution in [2.75, 3.05) is 0 Å². The minimum atomic E-state index is 0.476. The molecule has 0 unspecified atom stereocenters. The van der Waals surface area contributed by atoms with Gasteiger partial charge in [0, 0.05) is 22.5 Å². The van der Waals surface area contributed by atoms with E-state index < -0.39 is 0 Å². The molecule has 5 rings (SSSR count). The molecule has 0 aliphatic heterocycles. The Labute approximate surface area is 195 Å². The van der Waals surface area contributed by atoms with Crippen molar-refractivity contribution >= 4 is 56.6 Å². The lowest BCUT2D eigenvalue weighted by Crippen LogP contribution is -1.93. The van der Waals surface area contributed by atoms with Gasteiger partial charge in [-0.15, -0.1) is 0 Å². The Balaban J connectivity index is 0.000000158. The van der Waals surface area contributed by atoms with Crippen LogP contribution in [-0.2, 0) is 0 Å². The monoisotopic (exact) mass is 465 g/mol. The van der Waals surface area contributed by atoms with E-state index in [1.54, 1.807) is 6.20 Å². The summed E-state index contributed by atoms with van der Waals surface area (Å²) in [6.07, 6.45) is 1.76. The minimum Gasteiger partial charge on any atom is -0.255 e. The molecule has 0 N–H and O–H groups in total. The number of aromatic nitrogens is 3. The highest BCUT2D eigenvalue weighted by molar-refractivity contribution is 6.39. The number of pyridine rings is 3. The first-order valence-corrected chi connectivity index (χ1v) is 10.8. The van der Waals surface area contributed by atoms with Gasteiger partial charge in [0.2, 0.25) is 0 Å². The quantitative estimate of drug-likeness (QED) is 0.234. The Morgan fingerprint density at radius 1 is 0.613 bits per heavy atom. The molecule has 3 heterocycles. The molecule has 0 saturated heterocycles. The molecule has 0 radical (unpaired) electrons. The van der Waals surface area contributed by atoms with Gasteiger partial charge in [-0.3, -0.25) is 4.98 Å². The van der Waals surface area contributed by atoms with Gasteiger partial charge in [0.25, 0.3) is 0 Å². The van der Waals surface area contributed by atoms with Gasteiger partial charge >= 0.3 is 0 Å². The van der Waals surface area contributed by atoms with Crippen LogP contribution in [0.2, 0.25) is 15.2 Å². The number of para-hydroxylation sites is 2. The molecule has 31 heavy (non-hydrogen) atoms. The Kier molecular flexibility index (Phi) is 6.38. The molecule has 0 aliphatic carbocycles. The van der Waals surface area contributed by atoms with Crippen LogP contribution in [0.4, 0.5) is 0 Å². The second-order valence-electron chi connectivity index (χ2n) is 6.99. The molecular formula is C25H18Cl3N3. The first-order valence-electron chi connectivity index (χ1n) is 9.64. The zero-order valence-corrected chi connectivity index (χ0v) is 19.2. The lowest BCUT2D eigenvalue weighted by molar-refractivity contribution is 1.25. The van der Waals surface area contributed by atoms with Crippen molar-refractivity contribution in [1.82, 2.24) is 15.0 Å². The lowest BCUT2D eigenvalue weighted by Gasteiger charge is -2.09.